The molecule has 0 radical (unpaired) electrons. The van der Waals surface area contributed by atoms with E-state index in [1.54, 1.807) is 0 Å². The molecule has 1 saturated heterocycles. The van der Waals surface area contributed by atoms with Gasteiger partial charge >= 0.3 is 7.12 Å². The van der Waals surface area contributed by atoms with Gasteiger partial charge in [-0.2, -0.15) is 0 Å². The second-order valence-corrected chi connectivity index (χ2v) is 2.74. The Morgan fingerprint density at radius 3 is 2.25 bits per heavy atom. The normalized spacial score (nSPS) is 16.8. The highest BCUT2D eigenvalue weighted by Crippen LogP contribution is 2.03. The van der Waals surface area contributed by atoms with Crippen molar-refractivity contribution in [2.75, 3.05) is 18.9 Å². The van der Waals surface area contributed by atoms with Crippen molar-refractivity contribution < 1.29 is 9.31 Å². The van der Waals surface area contributed by atoms with Gasteiger partial charge in [-0.25, -0.2) is 0 Å². The van der Waals surface area contributed by atoms with E-state index in [9.17, 15) is 0 Å². The van der Waals surface area contributed by atoms with Gasteiger partial charge in [-0.1, -0.05) is 12.1 Å². The maximum atomic E-state index is 5.54. The van der Waals surface area contributed by atoms with E-state index >= 15 is 0 Å². The fraction of sp³-hybridized carbons (Fsp3) is 0.250. The molecule has 0 amide bonds. The lowest BCUT2D eigenvalue weighted by atomic mass is 9.79. The Kier molecular flexibility index (Phi) is 2.02. The molecule has 12 heavy (non-hydrogen) atoms. The van der Waals surface area contributed by atoms with Gasteiger partial charge in [0.2, 0.25) is 0 Å². The van der Waals surface area contributed by atoms with Gasteiger partial charge < -0.3 is 15.0 Å². The van der Waals surface area contributed by atoms with Crippen LogP contribution in [-0.4, -0.2) is 20.3 Å². The lowest BCUT2D eigenvalue weighted by molar-refractivity contribution is 0.365. The van der Waals surface area contributed by atoms with Gasteiger partial charge in [0.1, 0.15) is 0 Å². The molecule has 0 aromatic heterocycles. The molecule has 0 atom stereocenters. The number of benzene rings is 1. The molecule has 0 bridgehead atoms. The largest absolute Gasteiger partial charge is 0.494 e. The van der Waals surface area contributed by atoms with E-state index in [0.29, 0.717) is 13.2 Å². The fourth-order valence-electron chi connectivity index (χ4n) is 1.20. The Bertz CT molecular complexity index is 256. The van der Waals surface area contributed by atoms with Gasteiger partial charge in [-0.3, -0.25) is 0 Å². The molecule has 1 aromatic rings. The van der Waals surface area contributed by atoms with E-state index in [1.165, 1.54) is 0 Å². The van der Waals surface area contributed by atoms with Gasteiger partial charge in [0.25, 0.3) is 0 Å². The van der Waals surface area contributed by atoms with E-state index < -0.39 is 0 Å². The van der Waals surface area contributed by atoms with Crippen LogP contribution in [0.15, 0.2) is 24.3 Å². The SMILES string of the molecule is Nc1ccc(B2OCCO2)cc1. The predicted octanol–water partition coefficient (Wildman–Crippen LogP) is 0.0108. The van der Waals surface area contributed by atoms with Crippen molar-refractivity contribution in [3.8, 4) is 0 Å². The van der Waals surface area contributed by atoms with E-state index in [1.807, 2.05) is 24.3 Å². The minimum Gasteiger partial charge on any atom is -0.405 e. The van der Waals surface area contributed by atoms with Crippen LogP contribution in [0, 0.1) is 0 Å². The van der Waals surface area contributed by atoms with E-state index in [0.717, 1.165) is 11.2 Å². The van der Waals surface area contributed by atoms with Gasteiger partial charge in [-0.05, 0) is 17.6 Å². The summed E-state index contributed by atoms with van der Waals surface area (Å²) in [6.07, 6.45) is 0. The molecule has 0 saturated carbocycles. The van der Waals surface area contributed by atoms with Crippen LogP contribution in [0.4, 0.5) is 5.69 Å². The Morgan fingerprint density at radius 1 is 1.08 bits per heavy atom. The predicted molar refractivity (Wildman–Crippen MR) is 48.1 cm³/mol. The molecule has 4 heteroatoms. The fourth-order valence-corrected chi connectivity index (χ4v) is 1.20. The zero-order valence-electron chi connectivity index (χ0n) is 6.69. The van der Waals surface area contributed by atoms with Crippen molar-refractivity contribution >= 4 is 18.3 Å². The number of nitrogen functional groups attached to an aromatic ring is 1. The van der Waals surface area contributed by atoms with Crippen molar-refractivity contribution in [1.82, 2.24) is 0 Å². The van der Waals surface area contributed by atoms with E-state index in [-0.39, 0.29) is 7.12 Å². The Balaban J connectivity index is 2.17. The third-order valence-electron chi connectivity index (χ3n) is 1.83. The number of nitrogens with two attached hydrogens (primary N) is 1. The second kappa shape index (κ2) is 3.17. The smallest absolute Gasteiger partial charge is 0.405 e. The average molecular weight is 163 g/mol. The van der Waals surface area contributed by atoms with Gasteiger partial charge in [0.05, 0.1) is 13.2 Å². The lowest BCUT2D eigenvalue weighted by Crippen LogP contribution is -2.31. The molecule has 0 unspecified atom stereocenters. The molecular weight excluding hydrogens is 153 g/mol. The first-order chi connectivity index (χ1) is 5.86. The molecule has 0 spiro atoms. The van der Waals surface area contributed by atoms with Gasteiger partial charge in [0, 0.05) is 5.69 Å². The van der Waals surface area contributed by atoms with Crippen LogP contribution in [0.5, 0.6) is 0 Å². The summed E-state index contributed by atoms with van der Waals surface area (Å²) in [7, 11) is -0.189. The van der Waals surface area contributed by atoms with Crippen LogP contribution in [0.1, 0.15) is 0 Å². The molecule has 3 nitrogen and oxygen atoms in total. The quantitative estimate of drug-likeness (QED) is 0.468. The monoisotopic (exact) mass is 163 g/mol. The number of anilines is 1. The first kappa shape index (κ1) is 7.64. The highest BCUT2D eigenvalue weighted by molar-refractivity contribution is 6.61. The van der Waals surface area contributed by atoms with Gasteiger partial charge in [-0.15, -0.1) is 0 Å². The third-order valence-corrected chi connectivity index (χ3v) is 1.83. The Labute approximate surface area is 71.6 Å². The molecule has 1 aliphatic rings. The molecule has 1 fully saturated rings. The Morgan fingerprint density at radius 2 is 1.67 bits per heavy atom. The highest BCUT2D eigenvalue weighted by Gasteiger charge is 2.25. The highest BCUT2D eigenvalue weighted by atomic mass is 16.6. The molecule has 62 valence electrons. The zero-order valence-corrected chi connectivity index (χ0v) is 6.69. The summed E-state index contributed by atoms with van der Waals surface area (Å²) in [6, 6.07) is 7.54. The summed E-state index contributed by atoms with van der Waals surface area (Å²) in [6.45, 7) is 1.35. The van der Waals surface area contributed by atoms with Crippen molar-refractivity contribution in [3.05, 3.63) is 24.3 Å². The first-order valence-corrected chi connectivity index (χ1v) is 3.95. The maximum Gasteiger partial charge on any atom is 0.494 e. The number of hydrogen-bond donors (Lipinski definition) is 1. The zero-order chi connectivity index (χ0) is 8.39. The topological polar surface area (TPSA) is 44.5 Å². The molecule has 0 aliphatic carbocycles. The van der Waals surface area contributed by atoms with Gasteiger partial charge in [0.15, 0.2) is 0 Å². The van der Waals surface area contributed by atoms with E-state index in [4.69, 9.17) is 15.0 Å². The molecule has 1 heterocycles. The van der Waals surface area contributed by atoms with Crippen LogP contribution in [0.3, 0.4) is 0 Å². The van der Waals surface area contributed by atoms with Crippen molar-refractivity contribution in [3.63, 3.8) is 0 Å². The minimum absolute atomic E-state index is 0.189. The number of rotatable bonds is 1. The molecule has 1 aliphatic heterocycles. The second-order valence-electron chi connectivity index (χ2n) is 2.74. The van der Waals surface area contributed by atoms with Crippen LogP contribution >= 0.6 is 0 Å². The summed E-state index contributed by atoms with van der Waals surface area (Å²) in [5.74, 6) is 0. The molecular formula is C8H10BNO2. The summed E-state index contributed by atoms with van der Waals surface area (Å²) < 4.78 is 10.6. The molecule has 2 rings (SSSR count). The standard InChI is InChI=1S/C8H10BNO2/c10-8-3-1-7(2-4-8)9-11-5-6-12-9/h1-4H,5-6,10H2. The maximum absolute atomic E-state index is 5.54. The summed E-state index contributed by atoms with van der Waals surface area (Å²) in [4.78, 5) is 0. The first-order valence-electron chi connectivity index (χ1n) is 3.95. The average Bonchev–Trinajstić information content (AvgIpc) is 2.58. The van der Waals surface area contributed by atoms with Crippen molar-refractivity contribution in [1.29, 1.82) is 0 Å². The van der Waals surface area contributed by atoms with Crippen molar-refractivity contribution in [2.24, 2.45) is 0 Å². The van der Waals surface area contributed by atoms with Crippen LogP contribution in [0.25, 0.3) is 0 Å². The lowest BCUT2D eigenvalue weighted by Gasteiger charge is -2.03. The summed E-state index contributed by atoms with van der Waals surface area (Å²) >= 11 is 0. The summed E-state index contributed by atoms with van der Waals surface area (Å²) in [5.41, 5.74) is 7.33. The molecule has 1 aromatic carbocycles. The van der Waals surface area contributed by atoms with Crippen LogP contribution in [-0.2, 0) is 9.31 Å². The minimum atomic E-state index is -0.189. The van der Waals surface area contributed by atoms with E-state index in [2.05, 4.69) is 0 Å². The number of hydrogen-bond acceptors (Lipinski definition) is 3. The molecule has 2 N–H and O–H groups in total. The van der Waals surface area contributed by atoms with Crippen LogP contribution < -0.4 is 11.2 Å². The Hall–Kier alpha value is -0.995. The summed E-state index contributed by atoms with van der Waals surface area (Å²) in [5, 5.41) is 0. The van der Waals surface area contributed by atoms with Crippen LogP contribution in [0.2, 0.25) is 0 Å². The third kappa shape index (κ3) is 1.44. The van der Waals surface area contributed by atoms with Crippen molar-refractivity contribution in [2.45, 2.75) is 0 Å².